The molecule has 1 aromatic carbocycles. The zero-order valence-electron chi connectivity index (χ0n) is 22.0. The lowest BCUT2D eigenvalue weighted by Crippen LogP contribution is -2.20. The Hall–Kier alpha value is -4.75. The van der Waals surface area contributed by atoms with Gasteiger partial charge in [-0.2, -0.15) is 10.2 Å². The van der Waals surface area contributed by atoms with Crippen LogP contribution in [-0.4, -0.2) is 27.9 Å². The zero-order chi connectivity index (χ0) is 28.2. The Balaban J connectivity index is 1.55. The summed E-state index contributed by atoms with van der Waals surface area (Å²) in [7, 11) is 0. The number of hydrogen-bond donors (Lipinski definition) is 1. The standard InChI is InChI=1S/C30H26N4O5S/c1-3-38-30(37)25-21-8-4-5-9-23(21)40-28(25)33-26(35)19(17-31)16-22-27(39-20-13-11-18(2)12-14-20)32-24-10-6-7-15-34(24)29(22)36/h6-7,10-16H,3-5,8-9H2,1-2H3,(H,33,35). The summed E-state index contributed by atoms with van der Waals surface area (Å²) in [5, 5.41) is 13.0. The molecule has 0 saturated carbocycles. The predicted octanol–water partition coefficient (Wildman–Crippen LogP) is 5.46. The first-order valence-electron chi connectivity index (χ1n) is 12.9. The number of aromatic nitrogens is 2. The number of ether oxygens (including phenoxy) is 2. The van der Waals surface area contributed by atoms with E-state index in [-0.39, 0.29) is 23.6 Å². The molecule has 202 valence electrons. The number of amides is 1. The van der Waals surface area contributed by atoms with Crippen LogP contribution in [0, 0.1) is 18.3 Å². The fourth-order valence-electron chi connectivity index (χ4n) is 4.54. The van der Waals surface area contributed by atoms with Crippen molar-refractivity contribution in [3.63, 3.8) is 0 Å². The van der Waals surface area contributed by atoms with Crippen LogP contribution in [0.2, 0.25) is 0 Å². The van der Waals surface area contributed by atoms with Gasteiger partial charge in [0.1, 0.15) is 33.6 Å². The van der Waals surface area contributed by atoms with Gasteiger partial charge in [-0.1, -0.05) is 23.8 Å². The number of benzene rings is 1. The van der Waals surface area contributed by atoms with Gasteiger partial charge in [-0.3, -0.25) is 14.0 Å². The number of carbonyl (C=O) groups excluding carboxylic acids is 2. The Morgan fingerprint density at radius 1 is 1.18 bits per heavy atom. The first-order chi connectivity index (χ1) is 19.4. The van der Waals surface area contributed by atoms with Gasteiger partial charge in [0, 0.05) is 11.1 Å². The van der Waals surface area contributed by atoms with Crippen LogP contribution in [0.25, 0.3) is 11.7 Å². The average molecular weight is 555 g/mol. The summed E-state index contributed by atoms with van der Waals surface area (Å²) in [5.74, 6) is -0.867. The fraction of sp³-hybridized carbons (Fsp3) is 0.233. The van der Waals surface area contributed by atoms with E-state index >= 15 is 0 Å². The number of thiophene rings is 1. The summed E-state index contributed by atoms with van der Waals surface area (Å²) >= 11 is 1.32. The van der Waals surface area contributed by atoms with Crippen molar-refractivity contribution >= 4 is 39.9 Å². The van der Waals surface area contributed by atoms with Gasteiger partial charge in [0.25, 0.3) is 11.5 Å². The van der Waals surface area contributed by atoms with Crippen LogP contribution in [0.4, 0.5) is 5.00 Å². The molecule has 0 aliphatic heterocycles. The minimum atomic E-state index is -0.759. The second kappa shape index (κ2) is 11.6. The number of nitrogens with zero attached hydrogens (tertiary/aromatic N) is 3. The minimum absolute atomic E-state index is 0.0422. The number of rotatable bonds is 7. The summed E-state index contributed by atoms with van der Waals surface area (Å²) in [6, 6.07) is 14.2. The van der Waals surface area contributed by atoms with Crippen molar-refractivity contribution in [2.45, 2.75) is 39.5 Å². The average Bonchev–Trinajstić information content (AvgIpc) is 3.32. The number of aryl methyl sites for hydroxylation is 2. The normalized spacial score (nSPS) is 12.9. The second-order valence-electron chi connectivity index (χ2n) is 9.24. The molecule has 1 aliphatic carbocycles. The summed E-state index contributed by atoms with van der Waals surface area (Å²) in [4.78, 5) is 45.1. The van der Waals surface area contributed by atoms with Crippen LogP contribution in [0.15, 0.2) is 59.0 Å². The van der Waals surface area contributed by atoms with E-state index < -0.39 is 17.4 Å². The molecule has 1 aliphatic rings. The second-order valence-corrected chi connectivity index (χ2v) is 10.3. The van der Waals surface area contributed by atoms with Gasteiger partial charge in [-0.05, 0) is 75.4 Å². The van der Waals surface area contributed by atoms with Gasteiger partial charge in [0.2, 0.25) is 5.88 Å². The third kappa shape index (κ3) is 5.37. The summed E-state index contributed by atoms with van der Waals surface area (Å²) in [5.41, 5.74) is 1.68. The molecule has 0 radical (unpaired) electrons. The minimum Gasteiger partial charge on any atom is -0.462 e. The Labute approximate surface area is 234 Å². The number of anilines is 1. The molecule has 0 spiro atoms. The highest BCUT2D eigenvalue weighted by molar-refractivity contribution is 7.17. The van der Waals surface area contributed by atoms with E-state index in [4.69, 9.17) is 9.47 Å². The van der Waals surface area contributed by atoms with Crippen LogP contribution >= 0.6 is 11.3 Å². The largest absolute Gasteiger partial charge is 0.462 e. The highest BCUT2D eigenvalue weighted by Crippen LogP contribution is 2.39. The molecule has 0 atom stereocenters. The number of nitrogens with one attached hydrogen (secondary N) is 1. The molecule has 1 N–H and O–H groups in total. The van der Waals surface area contributed by atoms with E-state index in [2.05, 4.69) is 10.3 Å². The highest BCUT2D eigenvalue weighted by Gasteiger charge is 2.28. The third-order valence-corrected chi connectivity index (χ3v) is 7.71. The summed E-state index contributed by atoms with van der Waals surface area (Å²) in [6.45, 7) is 3.86. The SMILES string of the molecule is CCOC(=O)c1c(NC(=O)C(C#N)=Cc2c(Oc3ccc(C)cc3)nc3ccccn3c2=O)sc2c1CCCC2. The van der Waals surface area contributed by atoms with Crippen molar-refractivity contribution in [1.82, 2.24) is 9.38 Å². The number of esters is 1. The number of nitriles is 1. The van der Waals surface area contributed by atoms with Crippen molar-refractivity contribution < 1.29 is 19.1 Å². The summed E-state index contributed by atoms with van der Waals surface area (Å²) in [6.07, 6.45) is 6.18. The molecule has 9 nitrogen and oxygen atoms in total. The summed E-state index contributed by atoms with van der Waals surface area (Å²) < 4.78 is 12.5. The number of carbonyl (C=O) groups is 2. The molecular formula is C30H26N4O5S. The molecule has 4 aromatic rings. The lowest BCUT2D eigenvalue weighted by molar-refractivity contribution is -0.112. The first-order valence-corrected chi connectivity index (χ1v) is 13.7. The Kier molecular flexibility index (Phi) is 7.75. The number of hydrogen-bond acceptors (Lipinski definition) is 8. The van der Waals surface area contributed by atoms with Crippen LogP contribution < -0.4 is 15.6 Å². The van der Waals surface area contributed by atoms with Crippen molar-refractivity contribution in [2.75, 3.05) is 11.9 Å². The maximum atomic E-state index is 13.5. The van der Waals surface area contributed by atoms with Crippen molar-refractivity contribution in [3.8, 4) is 17.7 Å². The molecule has 3 aromatic heterocycles. The van der Waals surface area contributed by atoms with Gasteiger partial charge < -0.3 is 14.8 Å². The monoisotopic (exact) mass is 554 g/mol. The van der Waals surface area contributed by atoms with E-state index in [1.54, 1.807) is 43.5 Å². The molecule has 10 heteroatoms. The smallest absolute Gasteiger partial charge is 0.341 e. The van der Waals surface area contributed by atoms with Crippen LogP contribution in [0.5, 0.6) is 11.6 Å². The molecule has 1 amide bonds. The van der Waals surface area contributed by atoms with Crippen LogP contribution in [-0.2, 0) is 22.4 Å². The Bertz CT molecular complexity index is 1740. The van der Waals surface area contributed by atoms with E-state index in [0.29, 0.717) is 22.0 Å². The molecule has 0 bridgehead atoms. The molecule has 5 rings (SSSR count). The van der Waals surface area contributed by atoms with Gasteiger partial charge in [0.05, 0.1) is 12.2 Å². The van der Waals surface area contributed by atoms with Gasteiger partial charge in [-0.15, -0.1) is 11.3 Å². The maximum Gasteiger partial charge on any atom is 0.341 e. The van der Waals surface area contributed by atoms with E-state index in [1.807, 2.05) is 25.1 Å². The van der Waals surface area contributed by atoms with E-state index in [1.165, 1.54) is 21.8 Å². The Morgan fingerprint density at radius 2 is 1.95 bits per heavy atom. The maximum absolute atomic E-state index is 13.5. The first kappa shape index (κ1) is 26.8. The topological polar surface area (TPSA) is 123 Å². The van der Waals surface area contributed by atoms with E-state index in [0.717, 1.165) is 41.7 Å². The predicted molar refractivity (Wildman–Crippen MR) is 152 cm³/mol. The Morgan fingerprint density at radius 3 is 2.70 bits per heavy atom. The molecule has 3 heterocycles. The van der Waals surface area contributed by atoms with Gasteiger partial charge in [-0.25, -0.2) is 4.79 Å². The van der Waals surface area contributed by atoms with Crippen molar-refractivity contribution in [3.05, 3.63) is 91.7 Å². The van der Waals surface area contributed by atoms with Crippen molar-refractivity contribution in [2.24, 2.45) is 0 Å². The molecule has 0 saturated heterocycles. The lowest BCUT2D eigenvalue weighted by atomic mass is 9.95. The lowest BCUT2D eigenvalue weighted by Gasteiger charge is -2.12. The molecule has 40 heavy (non-hydrogen) atoms. The highest BCUT2D eigenvalue weighted by atomic mass is 32.1. The zero-order valence-corrected chi connectivity index (χ0v) is 22.8. The fourth-order valence-corrected chi connectivity index (χ4v) is 5.81. The van der Waals surface area contributed by atoms with Crippen molar-refractivity contribution in [1.29, 1.82) is 5.26 Å². The molecule has 0 unspecified atom stereocenters. The van der Waals surface area contributed by atoms with Crippen LogP contribution in [0.3, 0.4) is 0 Å². The number of pyridine rings is 1. The van der Waals surface area contributed by atoms with Crippen LogP contribution in [0.1, 0.15) is 51.7 Å². The van der Waals surface area contributed by atoms with Gasteiger partial charge in [0.15, 0.2) is 0 Å². The third-order valence-electron chi connectivity index (χ3n) is 6.50. The van der Waals surface area contributed by atoms with E-state index in [9.17, 15) is 19.6 Å². The molecular weight excluding hydrogens is 528 g/mol. The number of fused-ring (bicyclic) bond motifs is 2. The molecule has 0 fully saturated rings. The van der Waals surface area contributed by atoms with Gasteiger partial charge >= 0.3 is 5.97 Å². The quantitative estimate of drug-likeness (QED) is 0.183.